The Balaban J connectivity index is 1.73. The van der Waals surface area contributed by atoms with E-state index in [2.05, 4.69) is 0 Å². The van der Waals surface area contributed by atoms with Gasteiger partial charge in [-0.2, -0.15) is 4.31 Å². The summed E-state index contributed by atoms with van der Waals surface area (Å²) >= 11 is 0. The summed E-state index contributed by atoms with van der Waals surface area (Å²) in [6.45, 7) is 4.60. The van der Waals surface area contributed by atoms with Gasteiger partial charge >= 0.3 is 0 Å². The minimum atomic E-state index is -3.54. The maximum absolute atomic E-state index is 13.0. The molecule has 0 aromatic heterocycles. The van der Waals surface area contributed by atoms with Gasteiger partial charge < -0.3 is 9.80 Å². The molecule has 2 heterocycles. The molecule has 1 aromatic carbocycles. The van der Waals surface area contributed by atoms with Crippen LogP contribution in [0.3, 0.4) is 0 Å². The Morgan fingerprint density at radius 2 is 1.74 bits per heavy atom. The third kappa shape index (κ3) is 4.16. The molecule has 2 aliphatic rings. The first-order chi connectivity index (χ1) is 13.0. The van der Waals surface area contributed by atoms with E-state index in [1.165, 1.54) is 12.1 Å². The third-order valence-corrected chi connectivity index (χ3v) is 7.47. The van der Waals surface area contributed by atoms with E-state index in [-0.39, 0.29) is 16.8 Å². The third-order valence-electron chi connectivity index (χ3n) is 5.50. The molecular formula is C19H27N3O4S. The second-order valence-electron chi connectivity index (χ2n) is 7.13. The lowest BCUT2D eigenvalue weighted by molar-refractivity contribution is -0.119. The normalized spacial score (nSPS) is 21.9. The average Bonchev–Trinajstić information content (AvgIpc) is 2.73. The highest BCUT2D eigenvalue weighted by atomic mass is 32.2. The molecule has 0 spiro atoms. The van der Waals surface area contributed by atoms with Crippen molar-refractivity contribution in [3.63, 3.8) is 0 Å². The molecule has 0 bridgehead atoms. The first kappa shape index (κ1) is 19.8. The fourth-order valence-corrected chi connectivity index (χ4v) is 5.58. The molecule has 7 nitrogen and oxygen atoms in total. The van der Waals surface area contributed by atoms with Crippen LogP contribution >= 0.6 is 0 Å². The Hall–Kier alpha value is -1.93. The average molecular weight is 394 g/mol. The molecule has 148 valence electrons. The molecule has 0 radical (unpaired) electrons. The number of hydrogen-bond acceptors (Lipinski definition) is 4. The monoisotopic (exact) mass is 393 g/mol. The van der Waals surface area contributed by atoms with E-state index >= 15 is 0 Å². The zero-order valence-corrected chi connectivity index (χ0v) is 16.5. The number of benzene rings is 1. The van der Waals surface area contributed by atoms with Crippen LogP contribution in [0.1, 0.15) is 43.0 Å². The van der Waals surface area contributed by atoms with Gasteiger partial charge in [0.25, 0.3) is 5.91 Å². The standard InChI is InChI=1S/C19H27N3O4S/c1-2-17-5-3-4-10-22(17)27(25,26)18-8-6-16(7-9-18)19(24)21-13-11-20(15-23)12-14-21/h6-9,15,17H,2-5,10-14H2,1H3. The highest BCUT2D eigenvalue weighted by Gasteiger charge is 2.32. The molecule has 2 fully saturated rings. The van der Waals surface area contributed by atoms with Crippen LogP contribution in [0.2, 0.25) is 0 Å². The fourth-order valence-electron chi connectivity index (χ4n) is 3.82. The number of sulfonamides is 1. The SMILES string of the molecule is CCC1CCCCN1S(=O)(=O)c1ccc(C(=O)N2CCN(C=O)CC2)cc1. The lowest BCUT2D eigenvalue weighted by Gasteiger charge is -2.34. The van der Waals surface area contributed by atoms with Crippen LogP contribution in [-0.2, 0) is 14.8 Å². The lowest BCUT2D eigenvalue weighted by atomic mass is 10.0. The van der Waals surface area contributed by atoms with Crippen LogP contribution in [0.4, 0.5) is 0 Å². The second kappa shape index (κ2) is 8.39. The topological polar surface area (TPSA) is 78.0 Å². The van der Waals surface area contributed by atoms with E-state index in [1.807, 2.05) is 6.92 Å². The Morgan fingerprint density at radius 3 is 2.33 bits per heavy atom. The fraction of sp³-hybridized carbons (Fsp3) is 0.579. The van der Waals surface area contributed by atoms with Gasteiger partial charge in [0.2, 0.25) is 16.4 Å². The van der Waals surface area contributed by atoms with E-state index in [0.717, 1.165) is 32.1 Å². The Kier molecular flexibility index (Phi) is 6.16. The number of carbonyl (C=O) groups excluding carboxylic acids is 2. The van der Waals surface area contributed by atoms with Crippen LogP contribution in [-0.4, -0.2) is 73.6 Å². The van der Waals surface area contributed by atoms with Gasteiger partial charge in [-0.1, -0.05) is 13.3 Å². The summed E-state index contributed by atoms with van der Waals surface area (Å²) < 4.78 is 27.6. The van der Waals surface area contributed by atoms with Gasteiger partial charge in [0.1, 0.15) is 0 Å². The quantitative estimate of drug-likeness (QED) is 0.711. The van der Waals surface area contributed by atoms with E-state index < -0.39 is 10.0 Å². The van der Waals surface area contributed by atoms with Crippen LogP contribution in [0.5, 0.6) is 0 Å². The summed E-state index contributed by atoms with van der Waals surface area (Å²) in [6.07, 6.45) is 4.46. The summed E-state index contributed by atoms with van der Waals surface area (Å²) in [6, 6.07) is 6.30. The Bertz CT molecular complexity index is 771. The van der Waals surface area contributed by atoms with Crippen molar-refractivity contribution in [3.05, 3.63) is 29.8 Å². The van der Waals surface area contributed by atoms with Crippen LogP contribution in [0, 0.1) is 0 Å². The molecule has 1 atom stereocenters. The summed E-state index contributed by atoms with van der Waals surface area (Å²) in [7, 11) is -3.54. The second-order valence-corrected chi connectivity index (χ2v) is 9.02. The minimum Gasteiger partial charge on any atom is -0.342 e. The van der Waals surface area contributed by atoms with Crippen molar-refractivity contribution < 1.29 is 18.0 Å². The highest BCUT2D eigenvalue weighted by Crippen LogP contribution is 2.27. The molecule has 2 aliphatic heterocycles. The first-order valence-electron chi connectivity index (χ1n) is 9.58. The number of rotatable bonds is 5. The summed E-state index contributed by atoms with van der Waals surface area (Å²) in [5.41, 5.74) is 0.471. The van der Waals surface area contributed by atoms with Crippen molar-refractivity contribution in [1.82, 2.24) is 14.1 Å². The number of piperazine rings is 1. The predicted octanol–water partition coefficient (Wildman–Crippen LogP) is 1.55. The van der Waals surface area contributed by atoms with Crippen LogP contribution in [0.25, 0.3) is 0 Å². The molecule has 3 rings (SSSR count). The van der Waals surface area contributed by atoms with Crippen molar-refractivity contribution in [2.75, 3.05) is 32.7 Å². The maximum Gasteiger partial charge on any atom is 0.253 e. The van der Waals surface area contributed by atoms with Gasteiger partial charge in [0.05, 0.1) is 4.90 Å². The lowest BCUT2D eigenvalue weighted by Crippen LogP contribution is -2.48. The zero-order chi connectivity index (χ0) is 19.4. The van der Waals surface area contributed by atoms with Crippen molar-refractivity contribution in [2.45, 2.75) is 43.5 Å². The summed E-state index contributed by atoms with van der Waals surface area (Å²) in [5.74, 6) is -0.131. The Morgan fingerprint density at radius 1 is 1.07 bits per heavy atom. The van der Waals surface area contributed by atoms with Crippen molar-refractivity contribution >= 4 is 22.3 Å². The van der Waals surface area contributed by atoms with Crippen molar-refractivity contribution in [1.29, 1.82) is 0 Å². The highest BCUT2D eigenvalue weighted by molar-refractivity contribution is 7.89. The van der Waals surface area contributed by atoms with E-state index in [0.29, 0.717) is 38.3 Å². The predicted molar refractivity (Wildman–Crippen MR) is 102 cm³/mol. The number of carbonyl (C=O) groups is 2. The van der Waals surface area contributed by atoms with E-state index in [4.69, 9.17) is 0 Å². The van der Waals surface area contributed by atoms with Crippen molar-refractivity contribution in [2.24, 2.45) is 0 Å². The molecule has 0 N–H and O–H groups in total. The van der Waals surface area contributed by atoms with Gasteiger partial charge in [-0.15, -0.1) is 0 Å². The number of piperidine rings is 1. The Labute approximate surface area is 161 Å². The summed E-state index contributed by atoms with van der Waals surface area (Å²) in [5, 5.41) is 0. The molecule has 27 heavy (non-hydrogen) atoms. The summed E-state index contributed by atoms with van der Waals surface area (Å²) in [4.78, 5) is 27.0. The largest absolute Gasteiger partial charge is 0.342 e. The molecule has 0 saturated carbocycles. The van der Waals surface area contributed by atoms with Gasteiger partial charge in [-0.3, -0.25) is 9.59 Å². The van der Waals surface area contributed by atoms with Crippen LogP contribution in [0.15, 0.2) is 29.2 Å². The van der Waals surface area contributed by atoms with Gasteiger partial charge in [0.15, 0.2) is 0 Å². The molecule has 2 saturated heterocycles. The van der Waals surface area contributed by atoms with Crippen LogP contribution < -0.4 is 0 Å². The smallest absolute Gasteiger partial charge is 0.253 e. The molecule has 2 amide bonds. The van der Waals surface area contributed by atoms with Gasteiger partial charge in [-0.25, -0.2) is 8.42 Å². The molecule has 8 heteroatoms. The molecule has 1 unspecified atom stereocenters. The number of nitrogens with zero attached hydrogens (tertiary/aromatic N) is 3. The first-order valence-corrected chi connectivity index (χ1v) is 11.0. The molecule has 1 aromatic rings. The minimum absolute atomic E-state index is 0.0548. The maximum atomic E-state index is 13.0. The molecule has 0 aliphatic carbocycles. The number of hydrogen-bond donors (Lipinski definition) is 0. The zero-order valence-electron chi connectivity index (χ0n) is 15.7. The van der Waals surface area contributed by atoms with Gasteiger partial charge in [-0.05, 0) is 43.5 Å². The van der Waals surface area contributed by atoms with E-state index in [1.54, 1.807) is 26.2 Å². The number of amides is 2. The van der Waals surface area contributed by atoms with Crippen molar-refractivity contribution in [3.8, 4) is 0 Å². The van der Waals surface area contributed by atoms with Gasteiger partial charge in [0, 0.05) is 44.3 Å². The molecular weight excluding hydrogens is 366 g/mol. The van der Waals surface area contributed by atoms with E-state index in [9.17, 15) is 18.0 Å².